The number of rotatable bonds is 2. The second-order valence-electron chi connectivity index (χ2n) is 6.13. The van der Waals surface area contributed by atoms with Crippen LogP contribution in [0.5, 0.6) is 0 Å². The highest BCUT2D eigenvalue weighted by Crippen LogP contribution is 2.58. The zero-order valence-corrected chi connectivity index (χ0v) is 11.5. The van der Waals surface area contributed by atoms with E-state index in [-0.39, 0.29) is 5.91 Å². The van der Waals surface area contributed by atoms with E-state index >= 15 is 0 Å². The number of benzene rings is 1. The largest absolute Gasteiger partial charge is 0.481 e. The number of hydrogen-bond acceptors (Lipinski definition) is 3. The van der Waals surface area contributed by atoms with Gasteiger partial charge in [-0.25, -0.2) is 0 Å². The summed E-state index contributed by atoms with van der Waals surface area (Å²) < 4.78 is 5.93. The maximum Gasteiger partial charge on any atom is 0.313 e. The Kier molecular flexibility index (Phi) is 2.24. The maximum absolute atomic E-state index is 12.8. The third-order valence-corrected chi connectivity index (χ3v) is 5.03. The number of carbonyl (C=O) groups is 2. The van der Waals surface area contributed by atoms with Gasteiger partial charge in [-0.05, 0) is 19.1 Å². The van der Waals surface area contributed by atoms with Gasteiger partial charge in [-0.1, -0.05) is 30.4 Å². The van der Waals surface area contributed by atoms with E-state index in [4.69, 9.17) is 4.74 Å². The first-order valence-corrected chi connectivity index (χ1v) is 6.96. The number of para-hydroxylation sites is 1. The monoisotopic (exact) mass is 285 g/mol. The van der Waals surface area contributed by atoms with Gasteiger partial charge in [-0.15, -0.1) is 0 Å². The average Bonchev–Trinajstić information content (AvgIpc) is 3.09. The van der Waals surface area contributed by atoms with E-state index in [9.17, 15) is 14.7 Å². The molecule has 108 valence electrons. The van der Waals surface area contributed by atoms with Crippen LogP contribution in [0.25, 0.3) is 0 Å². The molecule has 0 aromatic heterocycles. The van der Waals surface area contributed by atoms with Crippen LogP contribution in [-0.2, 0) is 14.3 Å². The van der Waals surface area contributed by atoms with E-state index < -0.39 is 29.0 Å². The molecule has 5 nitrogen and oxygen atoms in total. The Morgan fingerprint density at radius 3 is 2.76 bits per heavy atom. The van der Waals surface area contributed by atoms with Crippen molar-refractivity contribution in [3.8, 4) is 0 Å². The van der Waals surface area contributed by atoms with Crippen molar-refractivity contribution >= 4 is 17.6 Å². The number of nitrogens with zero attached hydrogens (tertiary/aromatic N) is 1. The molecule has 4 atom stereocenters. The highest BCUT2D eigenvalue weighted by Gasteiger charge is 2.73. The van der Waals surface area contributed by atoms with Gasteiger partial charge >= 0.3 is 5.97 Å². The molecule has 3 heterocycles. The second-order valence-corrected chi connectivity index (χ2v) is 6.13. The van der Waals surface area contributed by atoms with Crippen molar-refractivity contribution in [3.63, 3.8) is 0 Å². The van der Waals surface area contributed by atoms with Crippen LogP contribution in [0.4, 0.5) is 5.69 Å². The number of carboxylic acid groups (broad SMARTS) is 1. The smallest absolute Gasteiger partial charge is 0.313 e. The zero-order chi connectivity index (χ0) is 14.8. The van der Waals surface area contributed by atoms with E-state index in [1.807, 2.05) is 36.4 Å². The Bertz CT molecular complexity index is 670. The lowest BCUT2D eigenvalue weighted by molar-refractivity contribution is -0.154. The van der Waals surface area contributed by atoms with Crippen LogP contribution < -0.4 is 4.90 Å². The fourth-order valence-electron chi connectivity index (χ4n) is 3.92. The molecule has 1 aromatic carbocycles. The summed E-state index contributed by atoms with van der Waals surface area (Å²) in [6.45, 7) is 1.98. The molecular weight excluding hydrogens is 270 g/mol. The lowest BCUT2D eigenvalue weighted by Gasteiger charge is -2.30. The van der Waals surface area contributed by atoms with Crippen LogP contribution in [-0.4, -0.2) is 35.2 Å². The molecule has 0 radical (unpaired) electrons. The zero-order valence-electron chi connectivity index (χ0n) is 11.5. The molecular formula is C16H15NO4. The quantitative estimate of drug-likeness (QED) is 0.835. The summed E-state index contributed by atoms with van der Waals surface area (Å²) >= 11 is 0. The minimum absolute atomic E-state index is 0.169. The van der Waals surface area contributed by atoms with Gasteiger partial charge in [-0.2, -0.15) is 0 Å². The number of amides is 1. The van der Waals surface area contributed by atoms with Crippen LogP contribution >= 0.6 is 0 Å². The summed E-state index contributed by atoms with van der Waals surface area (Å²) in [6, 6.07) is 9.30. The Labute approximate surface area is 121 Å². The van der Waals surface area contributed by atoms with E-state index in [1.165, 1.54) is 0 Å². The molecule has 0 unspecified atom stereocenters. The first-order valence-electron chi connectivity index (χ1n) is 6.96. The first kappa shape index (κ1) is 12.6. The van der Waals surface area contributed by atoms with Crippen molar-refractivity contribution in [1.29, 1.82) is 0 Å². The van der Waals surface area contributed by atoms with E-state index in [0.717, 1.165) is 5.69 Å². The predicted octanol–water partition coefficient (Wildman–Crippen LogP) is 1.45. The highest BCUT2D eigenvalue weighted by atomic mass is 16.5. The van der Waals surface area contributed by atoms with Gasteiger partial charge in [0.05, 0.1) is 18.6 Å². The molecule has 2 saturated heterocycles. The molecule has 5 heteroatoms. The Morgan fingerprint density at radius 1 is 1.38 bits per heavy atom. The number of aliphatic carboxylic acids is 1. The summed E-state index contributed by atoms with van der Waals surface area (Å²) in [5, 5.41) is 9.63. The van der Waals surface area contributed by atoms with E-state index in [2.05, 4.69) is 0 Å². The van der Waals surface area contributed by atoms with Crippen LogP contribution in [0.2, 0.25) is 0 Å². The molecule has 1 aromatic rings. The van der Waals surface area contributed by atoms with Crippen molar-refractivity contribution in [2.45, 2.75) is 18.6 Å². The normalized spacial score (nSPS) is 39.9. The number of carboxylic acids is 1. The number of carbonyl (C=O) groups excluding carboxylic acids is 1. The van der Waals surface area contributed by atoms with Crippen LogP contribution in [0, 0.1) is 11.3 Å². The lowest BCUT2D eigenvalue weighted by atomic mass is 9.66. The van der Waals surface area contributed by atoms with Crippen molar-refractivity contribution in [2.24, 2.45) is 11.3 Å². The Morgan fingerprint density at radius 2 is 2.10 bits per heavy atom. The molecule has 4 rings (SSSR count). The summed E-state index contributed by atoms with van der Waals surface area (Å²) in [5.74, 6) is -1.82. The van der Waals surface area contributed by atoms with Crippen molar-refractivity contribution in [2.75, 3.05) is 11.4 Å². The minimum atomic E-state index is -1.20. The third-order valence-electron chi connectivity index (χ3n) is 5.03. The van der Waals surface area contributed by atoms with E-state index in [1.54, 1.807) is 17.9 Å². The average molecular weight is 285 g/mol. The molecule has 3 aliphatic heterocycles. The minimum Gasteiger partial charge on any atom is -0.481 e. The topological polar surface area (TPSA) is 66.8 Å². The van der Waals surface area contributed by atoms with Gasteiger partial charge in [0.25, 0.3) is 0 Å². The summed E-state index contributed by atoms with van der Waals surface area (Å²) in [5.41, 5.74) is -1.22. The molecule has 1 spiro atoms. The Hall–Kier alpha value is -2.14. The predicted molar refractivity (Wildman–Crippen MR) is 74.8 cm³/mol. The van der Waals surface area contributed by atoms with Gasteiger partial charge in [0.15, 0.2) is 0 Å². The highest BCUT2D eigenvalue weighted by molar-refractivity contribution is 6.03. The first-order chi connectivity index (χ1) is 9.99. The van der Waals surface area contributed by atoms with Gasteiger partial charge in [0.1, 0.15) is 11.0 Å². The molecule has 21 heavy (non-hydrogen) atoms. The molecule has 3 aliphatic rings. The molecule has 1 N–H and O–H groups in total. The standard InChI is InChI=1S/C16H15NO4/c1-15(14(19)20)11-7-8-16(21-11)9-17(13(18)12(15)16)10-5-3-2-4-6-10/h2-8,11-12H,9H2,1H3,(H,19,20)/t11-,12+,15+,16-/m0/s1. The third kappa shape index (κ3) is 1.34. The van der Waals surface area contributed by atoms with Crippen molar-refractivity contribution < 1.29 is 19.4 Å². The van der Waals surface area contributed by atoms with Gasteiger partial charge in [0, 0.05) is 5.69 Å². The summed E-state index contributed by atoms with van der Waals surface area (Å²) in [7, 11) is 0. The van der Waals surface area contributed by atoms with Gasteiger partial charge < -0.3 is 14.7 Å². The van der Waals surface area contributed by atoms with Crippen LogP contribution in [0.1, 0.15) is 6.92 Å². The molecule has 2 bridgehead atoms. The molecule has 2 fully saturated rings. The van der Waals surface area contributed by atoms with Gasteiger partial charge in [0.2, 0.25) is 5.91 Å². The Balaban J connectivity index is 1.81. The number of anilines is 1. The van der Waals surface area contributed by atoms with Crippen molar-refractivity contribution in [1.82, 2.24) is 0 Å². The summed E-state index contributed by atoms with van der Waals surface area (Å²) in [6.07, 6.45) is 3.13. The second kappa shape index (κ2) is 3.74. The SMILES string of the molecule is C[C@@]1(C(=O)O)[C@@H]2C=C[C@@]3(CN(c4ccccc4)C(=O)[C@H]13)O2. The number of ether oxygens (including phenoxy) is 1. The fraction of sp³-hybridized carbons (Fsp3) is 0.375. The lowest BCUT2D eigenvalue weighted by Crippen LogP contribution is -2.47. The number of hydrogen-bond donors (Lipinski definition) is 1. The molecule has 0 saturated carbocycles. The molecule has 1 amide bonds. The van der Waals surface area contributed by atoms with Crippen LogP contribution in [0.15, 0.2) is 42.5 Å². The molecule has 0 aliphatic carbocycles. The van der Waals surface area contributed by atoms with E-state index in [0.29, 0.717) is 6.54 Å². The summed E-state index contributed by atoms with van der Waals surface area (Å²) in [4.78, 5) is 26.2. The van der Waals surface area contributed by atoms with Crippen molar-refractivity contribution in [3.05, 3.63) is 42.5 Å². The van der Waals surface area contributed by atoms with Gasteiger partial charge in [-0.3, -0.25) is 9.59 Å². The number of fused-ring (bicyclic) bond motifs is 1. The van der Waals surface area contributed by atoms with Crippen LogP contribution in [0.3, 0.4) is 0 Å². The maximum atomic E-state index is 12.8. The fourth-order valence-corrected chi connectivity index (χ4v) is 3.92.